The van der Waals surface area contributed by atoms with Crippen LogP contribution in [0.1, 0.15) is 21.6 Å². The van der Waals surface area contributed by atoms with E-state index in [-0.39, 0.29) is 5.91 Å². The molecular formula is C23H20Br2N2O2S. The SMILES string of the molecule is COc1ccccc1CCNC(=O)c1cc2sc(Br)cc2n1Cc1ccc(Br)cc1. The lowest BCUT2D eigenvalue weighted by atomic mass is 10.1. The number of halogens is 2. The Morgan fingerprint density at radius 1 is 1.10 bits per heavy atom. The number of hydrogen-bond acceptors (Lipinski definition) is 3. The summed E-state index contributed by atoms with van der Waals surface area (Å²) < 4.78 is 10.7. The monoisotopic (exact) mass is 546 g/mol. The molecule has 1 N–H and O–H groups in total. The summed E-state index contributed by atoms with van der Waals surface area (Å²) in [6, 6.07) is 20.1. The molecule has 2 heterocycles. The van der Waals surface area contributed by atoms with E-state index in [1.807, 2.05) is 42.5 Å². The standard InChI is InChI=1S/C23H20Br2N2O2S/c1-29-20-5-3-2-4-16(20)10-11-26-23(28)19-12-21-18(13-22(25)30-21)27(19)14-15-6-8-17(24)9-7-15/h2-9,12-13H,10-11,14H2,1H3,(H,26,28). The number of methoxy groups -OCH3 is 1. The Balaban J connectivity index is 1.54. The topological polar surface area (TPSA) is 43.3 Å². The van der Waals surface area contributed by atoms with Crippen LogP contribution in [0.25, 0.3) is 10.2 Å². The van der Waals surface area contributed by atoms with Crippen LogP contribution in [0, 0.1) is 0 Å². The number of benzene rings is 2. The van der Waals surface area contributed by atoms with Gasteiger partial charge in [-0.2, -0.15) is 0 Å². The number of para-hydroxylation sites is 1. The zero-order valence-corrected chi connectivity index (χ0v) is 20.3. The molecule has 2 aromatic carbocycles. The Bertz CT molecular complexity index is 1180. The third-order valence-corrected chi connectivity index (χ3v) is 7.02. The van der Waals surface area contributed by atoms with Gasteiger partial charge in [0, 0.05) is 17.6 Å². The molecule has 30 heavy (non-hydrogen) atoms. The van der Waals surface area contributed by atoms with Gasteiger partial charge in [-0.25, -0.2) is 0 Å². The van der Waals surface area contributed by atoms with Gasteiger partial charge in [0.25, 0.3) is 5.91 Å². The first-order chi connectivity index (χ1) is 14.5. The van der Waals surface area contributed by atoms with Crippen molar-refractivity contribution in [2.24, 2.45) is 0 Å². The minimum atomic E-state index is -0.0680. The molecule has 4 aromatic rings. The predicted molar refractivity (Wildman–Crippen MR) is 130 cm³/mol. The number of ether oxygens (including phenoxy) is 1. The van der Waals surface area contributed by atoms with E-state index in [1.54, 1.807) is 18.4 Å². The lowest BCUT2D eigenvalue weighted by Crippen LogP contribution is -2.28. The molecule has 0 spiro atoms. The number of carbonyl (C=O) groups excluding carboxylic acids is 1. The first-order valence-corrected chi connectivity index (χ1v) is 11.9. The van der Waals surface area contributed by atoms with Crippen molar-refractivity contribution in [3.63, 3.8) is 0 Å². The van der Waals surface area contributed by atoms with Gasteiger partial charge in [-0.05, 0) is 63.8 Å². The van der Waals surface area contributed by atoms with Crippen molar-refractivity contribution < 1.29 is 9.53 Å². The Hall–Kier alpha value is -2.09. The second-order valence-electron chi connectivity index (χ2n) is 6.86. The van der Waals surface area contributed by atoms with Gasteiger partial charge in [-0.3, -0.25) is 4.79 Å². The van der Waals surface area contributed by atoms with Crippen LogP contribution in [-0.2, 0) is 13.0 Å². The highest BCUT2D eigenvalue weighted by molar-refractivity contribution is 9.11. The van der Waals surface area contributed by atoms with Crippen LogP contribution < -0.4 is 10.1 Å². The number of carbonyl (C=O) groups is 1. The highest BCUT2D eigenvalue weighted by Gasteiger charge is 2.18. The number of amides is 1. The van der Waals surface area contributed by atoms with Crippen LogP contribution in [0.15, 0.2) is 68.9 Å². The first kappa shape index (κ1) is 21.2. The van der Waals surface area contributed by atoms with E-state index in [0.717, 1.165) is 35.4 Å². The van der Waals surface area contributed by atoms with E-state index < -0.39 is 0 Å². The summed E-state index contributed by atoms with van der Waals surface area (Å²) >= 11 is 8.68. The molecule has 0 saturated heterocycles. The van der Waals surface area contributed by atoms with E-state index in [1.165, 1.54) is 0 Å². The number of nitrogens with one attached hydrogen (secondary N) is 1. The maximum atomic E-state index is 13.0. The van der Waals surface area contributed by atoms with Gasteiger partial charge in [0.05, 0.1) is 21.1 Å². The van der Waals surface area contributed by atoms with E-state index >= 15 is 0 Å². The molecule has 0 saturated carbocycles. The molecule has 0 bridgehead atoms. The third kappa shape index (κ3) is 4.63. The van der Waals surface area contributed by atoms with Crippen LogP contribution in [0.2, 0.25) is 0 Å². The highest BCUT2D eigenvalue weighted by atomic mass is 79.9. The lowest BCUT2D eigenvalue weighted by Gasteiger charge is -2.12. The molecule has 4 rings (SSSR count). The predicted octanol–water partition coefficient (Wildman–Crippen LogP) is 6.26. The fourth-order valence-electron chi connectivity index (χ4n) is 3.45. The van der Waals surface area contributed by atoms with Crippen molar-refractivity contribution in [3.05, 3.63) is 85.7 Å². The molecule has 0 aliphatic carbocycles. The summed E-state index contributed by atoms with van der Waals surface area (Å²) in [5.41, 5.74) is 3.95. The highest BCUT2D eigenvalue weighted by Crippen LogP contribution is 2.33. The summed E-state index contributed by atoms with van der Waals surface area (Å²) in [5.74, 6) is 0.775. The molecule has 0 radical (unpaired) electrons. The van der Waals surface area contributed by atoms with Gasteiger partial charge in [-0.1, -0.05) is 46.3 Å². The fraction of sp³-hybridized carbons (Fsp3) is 0.174. The Morgan fingerprint density at radius 3 is 2.63 bits per heavy atom. The number of nitrogens with zero attached hydrogens (tertiary/aromatic N) is 1. The zero-order valence-electron chi connectivity index (χ0n) is 16.3. The van der Waals surface area contributed by atoms with Crippen LogP contribution in [0.5, 0.6) is 5.75 Å². The first-order valence-electron chi connectivity index (χ1n) is 9.48. The van der Waals surface area contributed by atoms with Crippen molar-refractivity contribution >= 4 is 59.3 Å². The van der Waals surface area contributed by atoms with Crippen molar-refractivity contribution in [2.75, 3.05) is 13.7 Å². The summed E-state index contributed by atoms with van der Waals surface area (Å²) in [6.45, 7) is 1.18. The van der Waals surface area contributed by atoms with Crippen LogP contribution in [0.3, 0.4) is 0 Å². The quantitative estimate of drug-likeness (QED) is 0.297. The number of rotatable bonds is 7. The molecule has 2 aromatic heterocycles. The van der Waals surface area contributed by atoms with Gasteiger partial charge < -0.3 is 14.6 Å². The van der Waals surface area contributed by atoms with Gasteiger partial charge in [0.2, 0.25) is 0 Å². The Kier molecular flexibility index (Phi) is 6.61. The van der Waals surface area contributed by atoms with Crippen LogP contribution >= 0.6 is 43.2 Å². The Labute approximate surface area is 196 Å². The van der Waals surface area contributed by atoms with Gasteiger partial charge in [0.1, 0.15) is 11.4 Å². The van der Waals surface area contributed by atoms with Crippen LogP contribution in [-0.4, -0.2) is 24.1 Å². The molecule has 1 amide bonds. The molecule has 0 fully saturated rings. The number of fused-ring (bicyclic) bond motifs is 1. The van der Waals surface area contributed by atoms with Crippen molar-refractivity contribution in [1.82, 2.24) is 9.88 Å². The molecule has 154 valence electrons. The zero-order chi connectivity index (χ0) is 21.1. The maximum Gasteiger partial charge on any atom is 0.267 e. The summed E-state index contributed by atoms with van der Waals surface area (Å²) in [7, 11) is 1.66. The van der Waals surface area contributed by atoms with E-state index in [0.29, 0.717) is 25.2 Å². The van der Waals surface area contributed by atoms with Gasteiger partial charge >= 0.3 is 0 Å². The van der Waals surface area contributed by atoms with Crippen molar-refractivity contribution in [1.29, 1.82) is 0 Å². The lowest BCUT2D eigenvalue weighted by molar-refractivity contribution is 0.0945. The van der Waals surface area contributed by atoms with E-state index in [9.17, 15) is 4.79 Å². The molecule has 0 aliphatic heterocycles. The molecular weight excluding hydrogens is 528 g/mol. The minimum absolute atomic E-state index is 0.0680. The summed E-state index contributed by atoms with van der Waals surface area (Å²) in [6.07, 6.45) is 0.711. The Morgan fingerprint density at radius 2 is 1.87 bits per heavy atom. The smallest absolute Gasteiger partial charge is 0.267 e. The average molecular weight is 548 g/mol. The number of thiophene rings is 1. The summed E-state index contributed by atoms with van der Waals surface area (Å²) in [4.78, 5) is 13.0. The molecule has 7 heteroatoms. The normalized spacial score (nSPS) is 11.0. The van der Waals surface area contributed by atoms with E-state index in [2.05, 4.69) is 59.9 Å². The van der Waals surface area contributed by atoms with Crippen molar-refractivity contribution in [3.8, 4) is 5.75 Å². The molecule has 0 unspecified atom stereocenters. The fourth-order valence-corrected chi connectivity index (χ4v) is 5.28. The van der Waals surface area contributed by atoms with Gasteiger partial charge in [-0.15, -0.1) is 11.3 Å². The third-order valence-electron chi connectivity index (χ3n) is 4.92. The molecule has 4 nitrogen and oxygen atoms in total. The second-order valence-corrected chi connectivity index (χ2v) is 10.2. The van der Waals surface area contributed by atoms with Crippen molar-refractivity contribution in [2.45, 2.75) is 13.0 Å². The summed E-state index contributed by atoms with van der Waals surface area (Å²) in [5, 5.41) is 3.07. The average Bonchev–Trinajstić information content (AvgIpc) is 3.27. The van der Waals surface area contributed by atoms with E-state index in [4.69, 9.17) is 4.74 Å². The van der Waals surface area contributed by atoms with Gasteiger partial charge in [0.15, 0.2) is 0 Å². The van der Waals surface area contributed by atoms with Crippen LogP contribution in [0.4, 0.5) is 0 Å². The second kappa shape index (κ2) is 9.37. The molecule has 0 atom stereocenters. The molecule has 0 aliphatic rings. The minimum Gasteiger partial charge on any atom is -0.496 e. The number of aromatic nitrogens is 1. The number of hydrogen-bond donors (Lipinski definition) is 1. The maximum absolute atomic E-state index is 13.0. The largest absolute Gasteiger partial charge is 0.496 e.